The number of hydrogen-bond acceptors (Lipinski definition) is 6. The van der Waals surface area contributed by atoms with Gasteiger partial charge in [0.15, 0.2) is 0 Å². The molecule has 0 spiro atoms. The van der Waals surface area contributed by atoms with Gasteiger partial charge in [-0.3, -0.25) is 18.7 Å². The summed E-state index contributed by atoms with van der Waals surface area (Å²) in [6.07, 6.45) is 0.499. The van der Waals surface area contributed by atoms with Gasteiger partial charge < -0.3 is 15.4 Å². The van der Waals surface area contributed by atoms with Crippen LogP contribution in [0.4, 0.5) is 11.4 Å². The number of hydrogen-bond donors (Lipinski definition) is 2. The van der Waals surface area contributed by atoms with E-state index in [0.717, 1.165) is 0 Å². The Hall–Kier alpha value is -2.62. The number of carbonyl (C=O) groups is 3. The summed E-state index contributed by atoms with van der Waals surface area (Å²) < 4.78 is 29.6. The van der Waals surface area contributed by atoms with E-state index in [1.165, 1.54) is 17.5 Å². The Bertz CT molecular complexity index is 777. The van der Waals surface area contributed by atoms with Crippen molar-refractivity contribution in [3.8, 4) is 0 Å². The van der Waals surface area contributed by atoms with Gasteiger partial charge in [0.2, 0.25) is 10.0 Å². The highest BCUT2D eigenvalue weighted by molar-refractivity contribution is 7.93. The molecule has 0 saturated carbocycles. The van der Waals surface area contributed by atoms with Crippen LogP contribution in [0, 0.1) is 0 Å². The Morgan fingerprint density at radius 2 is 2.00 bits per heavy atom. The quantitative estimate of drug-likeness (QED) is 0.550. The second-order valence-electron chi connectivity index (χ2n) is 5.33. The minimum absolute atomic E-state index is 0.0228. The zero-order valence-corrected chi connectivity index (χ0v) is 14.5. The lowest BCUT2D eigenvalue weighted by atomic mass is 10.2. The highest BCUT2D eigenvalue weighted by atomic mass is 32.2. The number of carbonyl (C=O) groups excluding carboxylic acids is 3. The topological polar surface area (TPSA) is 122 Å². The monoisotopic (exact) mass is 369 g/mol. The van der Waals surface area contributed by atoms with Gasteiger partial charge >= 0.3 is 17.8 Å². The molecule has 2 rings (SSSR count). The van der Waals surface area contributed by atoms with Gasteiger partial charge in [0.1, 0.15) is 0 Å². The summed E-state index contributed by atoms with van der Waals surface area (Å²) in [5, 5.41) is 4.69. The molecule has 1 saturated heterocycles. The molecule has 1 heterocycles. The molecule has 0 radical (unpaired) electrons. The Labute approximate surface area is 145 Å². The summed E-state index contributed by atoms with van der Waals surface area (Å²) in [5.41, 5.74) is 0.731. The summed E-state index contributed by atoms with van der Waals surface area (Å²) in [7, 11) is -2.10. The summed E-state index contributed by atoms with van der Waals surface area (Å²) in [4.78, 5) is 34.5. The van der Waals surface area contributed by atoms with Crippen molar-refractivity contribution in [2.75, 3.05) is 35.6 Å². The van der Waals surface area contributed by atoms with Crippen molar-refractivity contribution in [3.63, 3.8) is 0 Å². The Morgan fingerprint density at radius 1 is 1.24 bits per heavy atom. The largest absolute Gasteiger partial charge is 0.469 e. The number of esters is 1. The number of amides is 2. The fraction of sp³-hybridized carbons (Fsp3) is 0.400. The number of rotatable bonds is 5. The molecule has 0 unspecified atom stereocenters. The molecular formula is C15H19N3O6S. The highest BCUT2D eigenvalue weighted by Gasteiger charge is 2.28. The van der Waals surface area contributed by atoms with Crippen LogP contribution in [0.3, 0.4) is 0 Å². The first kappa shape index (κ1) is 18.7. The van der Waals surface area contributed by atoms with E-state index in [0.29, 0.717) is 24.3 Å². The van der Waals surface area contributed by atoms with E-state index in [-0.39, 0.29) is 18.7 Å². The van der Waals surface area contributed by atoms with Crippen molar-refractivity contribution in [2.24, 2.45) is 0 Å². The van der Waals surface area contributed by atoms with E-state index in [1.54, 1.807) is 18.2 Å². The maximum Gasteiger partial charge on any atom is 0.313 e. The molecule has 1 aromatic carbocycles. The van der Waals surface area contributed by atoms with Crippen LogP contribution in [-0.4, -0.2) is 52.2 Å². The van der Waals surface area contributed by atoms with E-state index in [9.17, 15) is 22.8 Å². The van der Waals surface area contributed by atoms with Crippen molar-refractivity contribution in [1.82, 2.24) is 5.32 Å². The van der Waals surface area contributed by atoms with Crippen LogP contribution in [0.2, 0.25) is 0 Å². The van der Waals surface area contributed by atoms with E-state index in [4.69, 9.17) is 0 Å². The van der Waals surface area contributed by atoms with Crippen molar-refractivity contribution in [2.45, 2.75) is 12.8 Å². The van der Waals surface area contributed by atoms with E-state index >= 15 is 0 Å². The van der Waals surface area contributed by atoms with Crippen molar-refractivity contribution < 1.29 is 27.5 Å². The molecule has 0 bridgehead atoms. The number of nitrogens with zero attached hydrogens (tertiary/aromatic N) is 1. The molecule has 2 amide bonds. The van der Waals surface area contributed by atoms with Gasteiger partial charge in [0, 0.05) is 18.8 Å². The van der Waals surface area contributed by atoms with Crippen LogP contribution in [0.15, 0.2) is 24.3 Å². The number of methoxy groups -OCH3 is 1. The normalized spacial score (nSPS) is 15.5. The lowest BCUT2D eigenvalue weighted by molar-refractivity contribution is -0.141. The third kappa shape index (κ3) is 4.92. The number of ether oxygens (including phenoxy) is 1. The molecule has 0 aliphatic carbocycles. The third-order valence-corrected chi connectivity index (χ3v) is 5.41. The van der Waals surface area contributed by atoms with Crippen LogP contribution < -0.4 is 14.9 Å². The molecular weight excluding hydrogens is 350 g/mol. The maximum absolute atomic E-state index is 11.9. The van der Waals surface area contributed by atoms with Crippen LogP contribution in [0.1, 0.15) is 12.8 Å². The lowest BCUT2D eigenvalue weighted by Crippen LogP contribution is -2.36. The van der Waals surface area contributed by atoms with Crippen molar-refractivity contribution >= 4 is 39.2 Å². The van der Waals surface area contributed by atoms with E-state index < -0.39 is 27.8 Å². The first-order valence-electron chi connectivity index (χ1n) is 7.60. The molecule has 0 atom stereocenters. The molecule has 10 heteroatoms. The predicted octanol–water partition coefficient (Wildman–Crippen LogP) is -0.156. The van der Waals surface area contributed by atoms with Gasteiger partial charge in [-0.25, -0.2) is 8.42 Å². The molecule has 1 aliphatic rings. The smallest absolute Gasteiger partial charge is 0.313 e. The Balaban J connectivity index is 1.96. The van der Waals surface area contributed by atoms with Crippen LogP contribution in [0.25, 0.3) is 0 Å². The predicted molar refractivity (Wildman–Crippen MR) is 90.5 cm³/mol. The first-order chi connectivity index (χ1) is 11.8. The maximum atomic E-state index is 11.9. The van der Waals surface area contributed by atoms with Gasteiger partial charge in [-0.1, -0.05) is 6.07 Å². The van der Waals surface area contributed by atoms with Gasteiger partial charge in [-0.05, 0) is 24.6 Å². The lowest BCUT2D eigenvalue weighted by Gasteiger charge is -2.17. The van der Waals surface area contributed by atoms with Crippen LogP contribution in [-0.2, 0) is 29.1 Å². The summed E-state index contributed by atoms with van der Waals surface area (Å²) >= 11 is 0. The highest BCUT2D eigenvalue weighted by Crippen LogP contribution is 2.26. The Morgan fingerprint density at radius 3 is 2.64 bits per heavy atom. The summed E-state index contributed by atoms with van der Waals surface area (Å²) in [5.74, 6) is -2.22. The third-order valence-electron chi connectivity index (χ3n) is 3.54. The van der Waals surface area contributed by atoms with Gasteiger partial charge in [-0.2, -0.15) is 0 Å². The molecule has 1 aromatic rings. The second kappa shape index (κ2) is 7.97. The summed E-state index contributed by atoms with van der Waals surface area (Å²) in [6.45, 7) is 0.360. The van der Waals surface area contributed by atoms with Gasteiger partial charge in [0.25, 0.3) is 0 Å². The molecule has 25 heavy (non-hydrogen) atoms. The fourth-order valence-corrected chi connectivity index (χ4v) is 3.87. The zero-order chi connectivity index (χ0) is 18.4. The number of sulfonamides is 1. The SMILES string of the molecule is COC(=O)CCNC(=O)C(=O)Nc1cccc(N2CCCS2(=O)=O)c1. The number of benzene rings is 1. The number of nitrogens with one attached hydrogen (secondary N) is 2. The van der Waals surface area contributed by atoms with Crippen molar-refractivity contribution in [3.05, 3.63) is 24.3 Å². The van der Waals surface area contributed by atoms with Crippen LogP contribution in [0.5, 0.6) is 0 Å². The number of anilines is 2. The fourth-order valence-electron chi connectivity index (χ4n) is 2.32. The van der Waals surface area contributed by atoms with Crippen molar-refractivity contribution in [1.29, 1.82) is 0 Å². The van der Waals surface area contributed by atoms with E-state index in [1.807, 2.05) is 0 Å². The minimum atomic E-state index is -3.33. The molecule has 1 aliphatic heterocycles. The molecule has 0 aromatic heterocycles. The molecule has 2 N–H and O–H groups in total. The van der Waals surface area contributed by atoms with Crippen LogP contribution >= 0.6 is 0 Å². The molecule has 9 nitrogen and oxygen atoms in total. The molecule has 136 valence electrons. The minimum Gasteiger partial charge on any atom is -0.469 e. The van der Waals surface area contributed by atoms with Gasteiger partial charge in [0.05, 0.1) is 25.0 Å². The average Bonchev–Trinajstić information content (AvgIpc) is 2.94. The average molecular weight is 369 g/mol. The molecule has 1 fully saturated rings. The van der Waals surface area contributed by atoms with E-state index in [2.05, 4.69) is 15.4 Å². The Kier molecular flexibility index (Phi) is 5.97. The summed E-state index contributed by atoms with van der Waals surface area (Å²) in [6, 6.07) is 6.25. The second-order valence-corrected chi connectivity index (χ2v) is 7.34. The first-order valence-corrected chi connectivity index (χ1v) is 9.21. The zero-order valence-electron chi connectivity index (χ0n) is 13.6. The van der Waals surface area contributed by atoms with Gasteiger partial charge in [-0.15, -0.1) is 0 Å². The standard InChI is InChI=1S/C15H19N3O6S/c1-24-13(19)6-7-16-14(20)15(21)17-11-4-2-5-12(10-11)18-8-3-9-25(18,22)23/h2,4-5,10H,3,6-9H2,1H3,(H,16,20)(H,17,21).